The highest BCUT2D eigenvalue weighted by Gasteiger charge is 2.40. The summed E-state index contributed by atoms with van der Waals surface area (Å²) in [6.07, 6.45) is 2.09. The van der Waals surface area contributed by atoms with Gasteiger partial charge in [-0.3, -0.25) is 14.4 Å². The van der Waals surface area contributed by atoms with E-state index in [1.54, 1.807) is 23.5 Å². The number of nitrogens with zero attached hydrogens (tertiary/aromatic N) is 1. The molecule has 2 aromatic rings. The van der Waals surface area contributed by atoms with Gasteiger partial charge in [0.25, 0.3) is 5.91 Å². The quantitative estimate of drug-likeness (QED) is 0.799. The SMILES string of the molecule is CCNC(=O)[C@@H]1C[C@H](NC(=O)Cc2ccsc2)CN1C(=O)c1ccco1. The number of carbonyl (C=O) groups is 3. The van der Waals surface area contributed by atoms with Crippen molar-refractivity contribution in [2.45, 2.75) is 31.8 Å². The highest BCUT2D eigenvalue weighted by molar-refractivity contribution is 7.08. The lowest BCUT2D eigenvalue weighted by Gasteiger charge is -2.22. The van der Waals surface area contributed by atoms with Gasteiger partial charge >= 0.3 is 0 Å². The molecule has 0 aliphatic carbocycles. The van der Waals surface area contributed by atoms with Crippen LogP contribution in [0.4, 0.5) is 0 Å². The van der Waals surface area contributed by atoms with E-state index in [9.17, 15) is 14.4 Å². The molecule has 0 aromatic carbocycles. The molecule has 2 aromatic heterocycles. The predicted molar refractivity (Wildman–Crippen MR) is 96.8 cm³/mol. The molecule has 1 fully saturated rings. The summed E-state index contributed by atoms with van der Waals surface area (Å²) in [5.41, 5.74) is 0.953. The summed E-state index contributed by atoms with van der Waals surface area (Å²) in [7, 11) is 0. The van der Waals surface area contributed by atoms with E-state index >= 15 is 0 Å². The molecule has 138 valence electrons. The number of hydrogen-bond acceptors (Lipinski definition) is 5. The molecule has 2 atom stereocenters. The molecule has 1 saturated heterocycles. The van der Waals surface area contributed by atoms with Gasteiger partial charge in [-0.2, -0.15) is 11.3 Å². The lowest BCUT2D eigenvalue weighted by Crippen LogP contribution is -2.45. The molecular weight excluding hydrogens is 354 g/mol. The lowest BCUT2D eigenvalue weighted by molar-refractivity contribution is -0.125. The average molecular weight is 375 g/mol. The van der Waals surface area contributed by atoms with Gasteiger partial charge in [0.05, 0.1) is 12.7 Å². The normalized spacial score (nSPS) is 19.3. The molecule has 0 spiro atoms. The minimum absolute atomic E-state index is 0.115. The van der Waals surface area contributed by atoms with Gasteiger partial charge in [0.1, 0.15) is 6.04 Å². The second-order valence-corrected chi connectivity index (χ2v) is 6.93. The summed E-state index contributed by atoms with van der Waals surface area (Å²) in [5.74, 6) is -0.497. The zero-order chi connectivity index (χ0) is 18.5. The Hall–Kier alpha value is -2.61. The van der Waals surface area contributed by atoms with E-state index in [0.717, 1.165) is 5.56 Å². The highest BCUT2D eigenvalue weighted by Crippen LogP contribution is 2.21. The van der Waals surface area contributed by atoms with Crippen LogP contribution in [0.5, 0.6) is 0 Å². The van der Waals surface area contributed by atoms with Gasteiger partial charge in [0.15, 0.2) is 5.76 Å². The van der Waals surface area contributed by atoms with Crippen LogP contribution < -0.4 is 10.6 Å². The Kier molecular flexibility index (Phi) is 5.72. The third-order valence-corrected chi connectivity index (χ3v) is 4.99. The van der Waals surface area contributed by atoms with E-state index in [4.69, 9.17) is 4.42 Å². The van der Waals surface area contributed by atoms with Crippen molar-refractivity contribution in [1.29, 1.82) is 0 Å². The summed E-state index contributed by atoms with van der Waals surface area (Å²) < 4.78 is 5.17. The predicted octanol–water partition coefficient (Wildman–Crippen LogP) is 1.42. The molecule has 7 nitrogen and oxygen atoms in total. The average Bonchev–Trinajstić information content (AvgIpc) is 3.36. The van der Waals surface area contributed by atoms with Gasteiger partial charge in [-0.15, -0.1) is 0 Å². The molecule has 1 aliphatic heterocycles. The molecule has 0 saturated carbocycles. The number of nitrogens with one attached hydrogen (secondary N) is 2. The van der Waals surface area contributed by atoms with Crippen LogP contribution in [-0.4, -0.2) is 47.8 Å². The van der Waals surface area contributed by atoms with Crippen LogP contribution in [0.2, 0.25) is 0 Å². The fourth-order valence-corrected chi connectivity index (χ4v) is 3.77. The van der Waals surface area contributed by atoms with Crippen LogP contribution in [0.3, 0.4) is 0 Å². The van der Waals surface area contributed by atoms with Crippen LogP contribution in [0, 0.1) is 0 Å². The number of likely N-dealkylation sites (N-methyl/N-ethyl adjacent to an activating group) is 1. The van der Waals surface area contributed by atoms with E-state index in [1.165, 1.54) is 11.2 Å². The molecule has 3 rings (SSSR count). The lowest BCUT2D eigenvalue weighted by atomic mass is 10.1. The monoisotopic (exact) mass is 375 g/mol. The maximum Gasteiger partial charge on any atom is 0.290 e. The first kappa shape index (κ1) is 18.2. The second-order valence-electron chi connectivity index (χ2n) is 6.15. The van der Waals surface area contributed by atoms with Gasteiger partial charge in [0.2, 0.25) is 11.8 Å². The van der Waals surface area contributed by atoms with Gasteiger partial charge < -0.3 is 20.0 Å². The Bertz CT molecular complexity index is 758. The minimum atomic E-state index is -0.626. The smallest absolute Gasteiger partial charge is 0.290 e. The van der Waals surface area contributed by atoms with E-state index < -0.39 is 6.04 Å². The first-order valence-corrected chi connectivity index (χ1v) is 9.45. The van der Waals surface area contributed by atoms with Crippen LogP contribution in [-0.2, 0) is 16.0 Å². The van der Waals surface area contributed by atoms with Gasteiger partial charge in [-0.25, -0.2) is 0 Å². The van der Waals surface area contributed by atoms with Crippen LogP contribution in [0.25, 0.3) is 0 Å². The van der Waals surface area contributed by atoms with Crippen molar-refractivity contribution in [2.75, 3.05) is 13.1 Å². The van der Waals surface area contributed by atoms with Crippen molar-refractivity contribution in [2.24, 2.45) is 0 Å². The molecule has 26 heavy (non-hydrogen) atoms. The molecule has 8 heteroatoms. The first-order valence-electron chi connectivity index (χ1n) is 8.51. The topological polar surface area (TPSA) is 91.7 Å². The number of furan rings is 1. The molecule has 0 unspecified atom stereocenters. The van der Waals surface area contributed by atoms with Crippen LogP contribution >= 0.6 is 11.3 Å². The standard InChI is InChI=1S/C18H21N3O4S/c1-2-19-17(23)14-9-13(20-16(22)8-12-5-7-26-11-12)10-21(14)18(24)15-4-3-6-25-15/h3-7,11,13-14H,2,8-10H2,1H3,(H,19,23)(H,20,22)/t13-,14-/m0/s1. The highest BCUT2D eigenvalue weighted by atomic mass is 32.1. The molecule has 1 aliphatic rings. The zero-order valence-electron chi connectivity index (χ0n) is 14.4. The number of rotatable bonds is 6. The van der Waals surface area contributed by atoms with Gasteiger partial charge in [-0.05, 0) is 47.9 Å². The van der Waals surface area contributed by atoms with Crippen LogP contribution in [0.1, 0.15) is 29.5 Å². The summed E-state index contributed by atoms with van der Waals surface area (Å²) in [6, 6.07) is 4.21. The third kappa shape index (κ3) is 4.13. The van der Waals surface area contributed by atoms with Gasteiger partial charge in [-0.1, -0.05) is 0 Å². The Labute approximate surface area is 155 Å². The van der Waals surface area contributed by atoms with Crippen molar-refractivity contribution in [3.63, 3.8) is 0 Å². The molecular formula is C18H21N3O4S. The zero-order valence-corrected chi connectivity index (χ0v) is 15.3. The molecule has 2 N–H and O–H groups in total. The number of carbonyl (C=O) groups excluding carboxylic acids is 3. The number of hydrogen-bond donors (Lipinski definition) is 2. The summed E-state index contributed by atoms with van der Waals surface area (Å²) in [6.45, 7) is 2.58. The van der Waals surface area contributed by atoms with E-state index in [2.05, 4.69) is 10.6 Å². The van der Waals surface area contributed by atoms with E-state index in [1.807, 2.05) is 23.8 Å². The molecule has 0 radical (unpaired) electrons. The Balaban J connectivity index is 1.68. The Morgan fingerprint density at radius 3 is 2.85 bits per heavy atom. The van der Waals surface area contributed by atoms with E-state index in [-0.39, 0.29) is 42.5 Å². The maximum absolute atomic E-state index is 12.7. The van der Waals surface area contributed by atoms with E-state index in [0.29, 0.717) is 13.0 Å². The minimum Gasteiger partial charge on any atom is -0.459 e. The van der Waals surface area contributed by atoms with Crippen molar-refractivity contribution < 1.29 is 18.8 Å². The van der Waals surface area contributed by atoms with Gasteiger partial charge in [0, 0.05) is 19.1 Å². The van der Waals surface area contributed by atoms with Crippen molar-refractivity contribution in [3.05, 3.63) is 46.5 Å². The first-order chi connectivity index (χ1) is 12.6. The maximum atomic E-state index is 12.7. The molecule has 3 heterocycles. The largest absolute Gasteiger partial charge is 0.459 e. The van der Waals surface area contributed by atoms with Crippen molar-refractivity contribution >= 4 is 29.1 Å². The fourth-order valence-electron chi connectivity index (χ4n) is 3.10. The Morgan fingerprint density at radius 1 is 1.35 bits per heavy atom. The summed E-state index contributed by atoms with van der Waals surface area (Å²) >= 11 is 1.54. The van der Waals surface area contributed by atoms with Crippen LogP contribution in [0.15, 0.2) is 39.6 Å². The summed E-state index contributed by atoms with van der Waals surface area (Å²) in [5, 5.41) is 9.54. The Morgan fingerprint density at radius 2 is 2.19 bits per heavy atom. The molecule has 0 bridgehead atoms. The summed E-state index contributed by atoms with van der Waals surface area (Å²) in [4.78, 5) is 38.7. The third-order valence-electron chi connectivity index (χ3n) is 4.26. The number of thiophene rings is 1. The second kappa shape index (κ2) is 8.18. The van der Waals surface area contributed by atoms with Crippen molar-refractivity contribution in [1.82, 2.24) is 15.5 Å². The van der Waals surface area contributed by atoms with Crippen molar-refractivity contribution in [3.8, 4) is 0 Å². The fraction of sp³-hybridized carbons (Fsp3) is 0.389. The number of amides is 3. The molecule has 3 amide bonds. The number of likely N-dealkylation sites (tertiary alicyclic amines) is 1.